The number of likely N-dealkylation sites (N-methyl/N-ethyl adjacent to an activating group) is 1. The molecule has 8 heteroatoms. The molecule has 1 aromatic carbocycles. The van der Waals surface area contributed by atoms with Gasteiger partial charge in [-0.2, -0.15) is 5.10 Å². The Labute approximate surface area is 197 Å². The first kappa shape index (κ1) is 27.1. The van der Waals surface area contributed by atoms with Crippen molar-refractivity contribution in [3.8, 4) is 11.3 Å². The van der Waals surface area contributed by atoms with Crippen molar-refractivity contribution in [3.63, 3.8) is 0 Å². The first-order valence-corrected chi connectivity index (χ1v) is 11.5. The molecule has 0 saturated carbocycles. The van der Waals surface area contributed by atoms with Gasteiger partial charge >= 0.3 is 6.09 Å². The normalized spacial score (nSPS) is 10.9. The third-order valence-corrected chi connectivity index (χ3v) is 5.13. The number of rotatable bonds is 7. The maximum atomic E-state index is 12.2. The number of aromatic nitrogens is 2. The van der Waals surface area contributed by atoms with Crippen LogP contribution in [0.25, 0.3) is 11.3 Å². The number of carbonyl (C=O) groups is 1. The third kappa shape index (κ3) is 7.93. The molecular formula is C23H36Cl2N4O2. The van der Waals surface area contributed by atoms with E-state index in [0.717, 1.165) is 30.0 Å². The van der Waals surface area contributed by atoms with Crippen LogP contribution in [0.1, 0.15) is 48.0 Å². The number of ether oxygens (including phenoxy) is 1. The highest BCUT2D eigenvalue weighted by Crippen LogP contribution is 2.34. The van der Waals surface area contributed by atoms with Gasteiger partial charge < -0.3 is 14.5 Å². The monoisotopic (exact) mass is 470 g/mol. The molecule has 0 saturated heterocycles. The molecule has 0 fully saturated rings. The lowest BCUT2D eigenvalue weighted by Gasteiger charge is -2.28. The molecule has 1 aromatic heterocycles. The highest BCUT2D eigenvalue weighted by molar-refractivity contribution is 6.43. The Morgan fingerprint density at radius 3 is 2.39 bits per heavy atom. The van der Waals surface area contributed by atoms with Gasteiger partial charge in [0, 0.05) is 45.4 Å². The summed E-state index contributed by atoms with van der Waals surface area (Å²) in [5, 5.41) is 5.62. The lowest BCUT2D eigenvalue weighted by atomic mass is 10.1. The van der Waals surface area contributed by atoms with Gasteiger partial charge in [0.05, 0.1) is 15.7 Å². The lowest BCUT2D eigenvalue weighted by molar-refractivity contribution is 0.0303. The number of carbonyl (C=O) groups excluding carboxylic acids is 1. The highest BCUT2D eigenvalue weighted by Gasteiger charge is 2.21. The smallest absolute Gasteiger partial charge is 0.410 e. The van der Waals surface area contributed by atoms with E-state index in [9.17, 15) is 4.79 Å². The molecule has 2 rings (SSSR count). The maximum Gasteiger partial charge on any atom is 0.410 e. The predicted octanol–water partition coefficient (Wildman–Crippen LogP) is 6.50. The number of aryl methyl sites for hydroxylation is 1. The Hall–Kier alpha value is -1.92. The summed E-state index contributed by atoms with van der Waals surface area (Å²) in [6, 6.07) is 7.52. The van der Waals surface area contributed by atoms with Crippen LogP contribution in [0, 0.1) is 0 Å². The fourth-order valence-corrected chi connectivity index (χ4v) is 3.30. The fourth-order valence-electron chi connectivity index (χ4n) is 2.90. The molecule has 1 amide bonds. The van der Waals surface area contributed by atoms with E-state index in [0.29, 0.717) is 23.1 Å². The number of benzene rings is 1. The number of halogens is 2. The summed E-state index contributed by atoms with van der Waals surface area (Å²) in [6.07, 6.45) is 0.638. The second-order valence-electron chi connectivity index (χ2n) is 8.00. The molecule has 0 atom stereocenters. The van der Waals surface area contributed by atoms with Crippen molar-refractivity contribution in [2.45, 2.75) is 53.6 Å². The lowest BCUT2D eigenvalue weighted by Crippen LogP contribution is -2.40. The molecule has 0 unspecified atom stereocenters. The van der Waals surface area contributed by atoms with Crippen molar-refractivity contribution in [3.05, 3.63) is 34.3 Å². The largest absolute Gasteiger partial charge is 0.444 e. The van der Waals surface area contributed by atoms with E-state index in [4.69, 9.17) is 27.9 Å². The molecule has 6 nitrogen and oxygen atoms in total. The van der Waals surface area contributed by atoms with Crippen molar-refractivity contribution >= 4 is 35.1 Å². The van der Waals surface area contributed by atoms with Gasteiger partial charge in [-0.3, -0.25) is 4.68 Å². The Bertz CT molecular complexity index is 847. The van der Waals surface area contributed by atoms with E-state index in [2.05, 4.69) is 16.9 Å². The molecule has 2 aromatic rings. The Morgan fingerprint density at radius 2 is 1.81 bits per heavy atom. The SMILES string of the molecule is CC.CCCN(CCN(C)C(=O)OC(C)(C)C)c1cc(-c2cccc(Cl)c2Cl)nn1C. The van der Waals surface area contributed by atoms with Crippen LogP contribution in [0.15, 0.2) is 24.3 Å². The average molecular weight is 471 g/mol. The molecule has 0 aliphatic carbocycles. The molecular weight excluding hydrogens is 435 g/mol. The first-order valence-electron chi connectivity index (χ1n) is 10.7. The summed E-state index contributed by atoms with van der Waals surface area (Å²) in [6.45, 7) is 13.7. The summed E-state index contributed by atoms with van der Waals surface area (Å²) < 4.78 is 7.26. The van der Waals surface area contributed by atoms with E-state index in [-0.39, 0.29) is 6.09 Å². The average Bonchev–Trinajstić information content (AvgIpc) is 3.08. The van der Waals surface area contributed by atoms with Gasteiger partial charge in [-0.05, 0) is 33.3 Å². The van der Waals surface area contributed by atoms with Crippen LogP contribution < -0.4 is 4.90 Å². The van der Waals surface area contributed by atoms with Gasteiger partial charge in [0.2, 0.25) is 0 Å². The van der Waals surface area contributed by atoms with Gasteiger partial charge in [0.1, 0.15) is 11.4 Å². The highest BCUT2D eigenvalue weighted by atomic mass is 35.5. The third-order valence-electron chi connectivity index (χ3n) is 4.31. The molecule has 0 aliphatic heterocycles. The zero-order valence-electron chi connectivity index (χ0n) is 20.0. The number of nitrogens with zero attached hydrogens (tertiary/aromatic N) is 4. The molecule has 1 heterocycles. The summed E-state index contributed by atoms with van der Waals surface area (Å²) in [5.74, 6) is 0.954. The van der Waals surface area contributed by atoms with Gasteiger partial charge in [0.25, 0.3) is 0 Å². The second-order valence-corrected chi connectivity index (χ2v) is 8.79. The summed E-state index contributed by atoms with van der Waals surface area (Å²) in [4.78, 5) is 16.0. The minimum atomic E-state index is -0.512. The Kier molecular flexibility index (Phi) is 10.7. The van der Waals surface area contributed by atoms with Gasteiger partial charge in [-0.1, -0.05) is 56.1 Å². The number of hydrogen-bond donors (Lipinski definition) is 0. The molecule has 174 valence electrons. The Balaban J connectivity index is 0.00000233. The molecule has 31 heavy (non-hydrogen) atoms. The van der Waals surface area contributed by atoms with Crippen molar-refractivity contribution in [1.29, 1.82) is 0 Å². The topological polar surface area (TPSA) is 50.6 Å². The van der Waals surface area contributed by atoms with Crippen LogP contribution in [0.5, 0.6) is 0 Å². The van der Waals surface area contributed by atoms with Gasteiger partial charge in [-0.25, -0.2) is 4.79 Å². The second kappa shape index (κ2) is 12.2. The number of anilines is 1. The summed E-state index contributed by atoms with van der Waals surface area (Å²) >= 11 is 12.5. The van der Waals surface area contributed by atoms with E-state index in [1.807, 2.05) is 64.5 Å². The Morgan fingerprint density at radius 1 is 1.16 bits per heavy atom. The van der Waals surface area contributed by atoms with Crippen molar-refractivity contribution in [2.24, 2.45) is 7.05 Å². The quantitative estimate of drug-likeness (QED) is 0.462. The molecule has 0 radical (unpaired) electrons. The molecule has 0 bridgehead atoms. The fraction of sp³-hybridized carbons (Fsp3) is 0.565. The van der Waals surface area contributed by atoms with Crippen LogP contribution >= 0.6 is 23.2 Å². The standard InChI is InChI=1S/C21H30Cl2N4O2.C2H6/c1-7-11-27(13-12-25(5)20(28)29-21(2,3)4)18-14-17(24-26(18)6)15-9-8-10-16(22)19(15)23;1-2/h8-10,14H,7,11-13H2,1-6H3;1-2H3. The minimum absolute atomic E-state index is 0.328. The molecule has 0 N–H and O–H groups in total. The van der Waals surface area contributed by atoms with E-state index in [1.165, 1.54) is 0 Å². The summed E-state index contributed by atoms with van der Waals surface area (Å²) in [5.41, 5.74) is 1.04. The van der Waals surface area contributed by atoms with Crippen LogP contribution in [0.4, 0.5) is 10.6 Å². The van der Waals surface area contributed by atoms with Crippen LogP contribution in [-0.4, -0.2) is 53.1 Å². The zero-order chi connectivity index (χ0) is 23.8. The zero-order valence-corrected chi connectivity index (χ0v) is 21.5. The predicted molar refractivity (Wildman–Crippen MR) is 131 cm³/mol. The molecule has 0 aliphatic rings. The van der Waals surface area contributed by atoms with Crippen LogP contribution in [-0.2, 0) is 11.8 Å². The maximum absolute atomic E-state index is 12.2. The molecule has 0 spiro atoms. The van der Waals surface area contributed by atoms with Crippen molar-refractivity contribution in [1.82, 2.24) is 14.7 Å². The number of hydrogen-bond acceptors (Lipinski definition) is 4. The van der Waals surface area contributed by atoms with Crippen LogP contribution in [0.3, 0.4) is 0 Å². The van der Waals surface area contributed by atoms with Crippen LogP contribution in [0.2, 0.25) is 10.0 Å². The minimum Gasteiger partial charge on any atom is -0.444 e. The van der Waals surface area contributed by atoms with Crippen molar-refractivity contribution in [2.75, 3.05) is 31.6 Å². The number of amides is 1. The van der Waals surface area contributed by atoms with E-state index in [1.54, 1.807) is 18.0 Å². The summed E-state index contributed by atoms with van der Waals surface area (Å²) in [7, 11) is 3.65. The first-order chi connectivity index (χ1) is 14.5. The van der Waals surface area contributed by atoms with E-state index >= 15 is 0 Å². The van der Waals surface area contributed by atoms with Crippen molar-refractivity contribution < 1.29 is 9.53 Å². The van der Waals surface area contributed by atoms with Gasteiger partial charge in [0.15, 0.2) is 0 Å². The van der Waals surface area contributed by atoms with E-state index < -0.39 is 5.60 Å². The van der Waals surface area contributed by atoms with Gasteiger partial charge in [-0.15, -0.1) is 0 Å².